The van der Waals surface area contributed by atoms with Crippen molar-refractivity contribution in [3.8, 4) is 17.1 Å². The number of rotatable bonds is 6. The SMILES string of the molecule is COc1ccc(-c2n[nH]c(CNC(=O)Cc3coc4ccc5ccccc5c34)n2)cc1. The van der Waals surface area contributed by atoms with Crippen molar-refractivity contribution in [2.45, 2.75) is 13.0 Å². The first kappa shape index (κ1) is 18.9. The Hall–Kier alpha value is -4.13. The quantitative estimate of drug-likeness (QED) is 0.435. The molecule has 0 saturated heterocycles. The Balaban J connectivity index is 1.28. The van der Waals surface area contributed by atoms with Gasteiger partial charge in [0.05, 0.1) is 26.3 Å². The average molecular weight is 412 g/mol. The van der Waals surface area contributed by atoms with Crippen molar-refractivity contribution in [2.24, 2.45) is 0 Å². The molecule has 0 atom stereocenters. The molecule has 5 rings (SSSR count). The normalized spacial score (nSPS) is 11.1. The molecule has 7 heteroatoms. The number of methoxy groups -OCH3 is 1. The minimum absolute atomic E-state index is 0.113. The lowest BCUT2D eigenvalue weighted by Gasteiger charge is -2.04. The lowest BCUT2D eigenvalue weighted by Crippen LogP contribution is -2.25. The van der Waals surface area contributed by atoms with Gasteiger partial charge in [-0.25, -0.2) is 4.98 Å². The summed E-state index contributed by atoms with van der Waals surface area (Å²) in [6, 6.07) is 19.5. The Kier molecular flexibility index (Phi) is 4.84. The third kappa shape index (κ3) is 3.73. The summed E-state index contributed by atoms with van der Waals surface area (Å²) in [5.74, 6) is 1.81. The van der Waals surface area contributed by atoms with Crippen LogP contribution in [0.1, 0.15) is 11.4 Å². The highest BCUT2D eigenvalue weighted by atomic mass is 16.5. The lowest BCUT2D eigenvalue weighted by atomic mass is 10.0. The minimum atomic E-state index is -0.113. The van der Waals surface area contributed by atoms with Crippen LogP contribution in [0.4, 0.5) is 0 Å². The zero-order valence-electron chi connectivity index (χ0n) is 16.9. The Morgan fingerprint density at radius 1 is 1.10 bits per heavy atom. The van der Waals surface area contributed by atoms with E-state index >= 15 is 0 Å². The van der Waals surface area contributed by atoms with Gasteiger partial charge in [0, 0.05) is 16.5 Å². The van der Waals surface area contributed by atoms with E-state index in [4.69, 9.17) is 9.15 Å². The van der Waals surface area contributed by atoms with Crippen molar-refractivity contribution >= 4 is 27.6 Å². The van der Waals surface area contributed by atoms with Crippen LogP contribution in [-0.2, 0) is 17.8 Å². The maximum absolute atomic E-state index is 12.6. The fourth-order valence-electron chi connectivity index (χ4n) is 3.67. The number of fused-ring (bicyclic) bond motifs is 3. The Bertz CT molecular complexity index is 1370. The van der Waals surface area contributed by atoms with Crippen LogP contribution in [0.25, 0.3) is 33.1 Å². The summed E-state index contributed by atoms with van der Waals surface area (Å²) in [7, 11) is 1.62. The largest absolute Gasteiger partial charge is 0.497 e. The highest BCUT2D eigenvalue weighted by molar-refractivity contribution is 6.08. The van der Waals surface area contributed by atoms with Gasteiger partial charge in [-0.05, 0) is 41.1 Å². The molecular formula is C24H20N4O3. The predicted octanol–water partition coefficient (Wildman–Crippen LogP) is 4.24. The van der Waals surface area contributed by atoms with E-state index in [-0.39, 0.29) is 18.9 Å². The molecule has 154 valence electrons. The van der Waals surface area contributed by atoms with Crippen molar-refractivity contribution in [3.05, 3.63) is 78.3 Å². The molecule has 1 amide bonds. The van der Waals surface area contributed by atoms with Crippen molar-refractivity contribution in [2.75, 3.05) is 7.11 Å². The molecule has 0 aliphatic heterocycles. The zero-order valence-corrected chi connectivity index (χ0v) is 16.9. The number of aromatic amines is 1. The third-order valence-corrected chi connectivity index (χ3v) is 5.22. The van der Waals surface area contributed by atoms with E-state index in [1.165, 1.54) is 0 Å². The maximum atomic E-state index is 12.6. The molecule has 2 aromatic heterocycles. The molecule has 0 bridgehead atoms. The van der Waals surface area contributed by atoms with Crippen LogP contribution in [0.15, 0.2) is 71.3 Å². The summed E-state index contributed by atoms with van der Waals surface area (Å²) in [5, 5.41) is 13.2. The fourth-order valence-corrected chi connectivity index (χ4v) is 3.67. The molecule has 0 aliphatic rings. The second kappa shape index (κ2) is 7.95. The number of benzene rings is 3. The van der Waals surface area contributed by atoms with Gasteiger partial charge in [-0.15, -0.1) is 0 Å². The van der Waals surface area contributed by atoms with Gasteiger partial charge in [0.1, 0.15) is 17.2 Å². The standard InChI is InChI=1S/C24H20N4O3/c1-30-18-9-6-16(7-10-18)24-26-21(27-28-24)13-25-22(29)12-17-14-31-20-11-8-15-4-2-3-5-19(15)23(17)20/h2-11,14H,12-13H2,1H3,(H,25,29)(H,26,27,28). The number of hydrogen-bond acceptors (Lipinski definition) is 5. The van der Waals surface area contributed by atoms with Crippen LogP contribution in [-0.4, -0.2) is 28.2 Å². The van der Waals surface area contributed by atoms with Crippen LogP contribution in [0, 0.1) is 0 Å². The predicted molar refractivity (Wildman–Crippen MR) is 118 cm³/mol. The number of furan rings is 1. The summed E-state index contributed by atoms with van der Waals surface area (Å²) < 4.78 is 10.8. The molecule has 2 N–H and O–H groups in total. The molecule has 7 nitrogen and oxygen atoms in total. The molecular weight excluding hydrogens is 392 g/mol. The number of ether oxygens (including phenoxy) is 1. The number of H-pyrrole nitrogens is 1. The minimum Gasteiger partial charge on any atom is -0.497 e. The average Bonchev–Trinajstić information content (AvgIpc) is 3.45. The molecule has 0 radical (unpaired) electrons. The van der Waals surface area contributed by atoms with E-state index in [0.29, 0.717) is 11.6 Å². The molecule has 3 aromatic carbocycles. The van der Waals surface area contributed by atoms with E-state index in [1.807, 2.05) is 54.6 Å². The zero-order chi connectivity index (χ0) is 21.2. The maximum Gasteiger partial charge on any atom is 0.224 e. The van der Waals surface area contributed by atoms with Gasteiger partial charge in [-0.3, -0.25) is 9.89 Å². The van der Waals surface area contributed by atoms with Crippen LogP contribution < -0.4 is 10.1 Å². The first-order chi connectivity index (χ1) is 15.2. The van der Waals surface area contributed by atoms with Crippen molar-refractivity contribution < 1.29 is 13.9 Å². The Morgan fingerprint density at radius 2 is 1.94 bits per heavy atom. The second-order valence-electron chi connectivity index (χ2n) is 7.21. The molecule has 2 heterocycles. The summed E-state index contributed by atoms with van der Waals surface area (Å²) >= 11 is 0. The van der Waals surface area contributed by atoms with E-state index in [0.717, 1.165) is 38.6 Å². The monoisotopic (exact) mass is 412 g/mol. The summed E-state index contributed by atoms with van der Waals surface area (Å²) in [4.78, 5) is 17.0. The van der Waals surface area contributed by atoms with Crippen LogP contribution in [0.2, 0.25) is 0 Å². The summed E-state index contributed by atoms with van der Waals surface area (Å²) in [6.45, 7) is 0.262. The molecule has 0 unspecified atom stereocenters. The first-order valence-corrected chi connectivity index (χ1v) is 9.91. The molecule has 5 aromatic rings. The van der Waals surface area contributed by atoms with Gasteiger partial charge in [0.2, 0.25) is 5.91 Å². The Labute approximate surface area is 178 Å². The van der Waals surface area contributed by atoms with E-state index in [2.05, 4.69) is 26.6 Å². The van der Waals surface area contributed by atoms with Crippen molar-refractivity contribution in [3.63, 3.8) is 0 Å². The summed E-state index contributed by atoms with van der Waals surface area (Å²) in [5.41, 5.74) is 2.51. The van der Waals surface area contributed by atoms with Crippen molar-refractivity contribution in [1.82, 2.24) is 20.5 Å². The number of amides is 1. The molecule has 0 saturated carbocycles. The van der Waals surface area contributed by atoms with Crippen LogP contribution >= 0.6 is 0 Å². The van der Waals surface area contributed by atoms with E-state index in [9.17, 15) is 4.79 Å². The number of hydrogen-bond donors (Lipinski definition) is 2. The number of nitrogens with zero attached hydrogens (tertiary/aromatic N) is 2. The summed E-state index contributed by atoms with van der Waals surface area (Å²) in [6.07, 6.45) is 1.88. The van der Waals surface area contributed by atoms with Gasteiger partial charge in [0.15, 0.2) is 5.82 Å². The van der Waals surface area contributed by atoms with E-state index in [1.54, 1.807) is 13.4 Å². The van der Waals surface area contributed by atoms with Gasteiger partial charge >= 0.3 is 0 Å². The smallest absolute Gasteiger partial charge is 0.224 e. The number of nitrogens with one attached hydrogen (secondary N) is 2. The fraction of sp³-hybridized carbons (Fsp3) is 0.125. The first-order valence-electron chi connectivity index (χ1n) is 9.91. The van der Waals surface area contributed by atoms with Crippen molar-refractivity contribution in [1.29, 1.82) is 0 Å². The number of carbonyl (C=O) groups is 1. The Morgan fingerprint density at radius 3 is 2.77 bits per heavy atom. The number of aromatic nitrogens is 3. The van der Waals surface area contributed by atoms with Gasteiger partial charge in [-0.1, -0.05) is 30.3 Å². The van der Waals surface area contributed by atoms with Gasteiger partial charge in [-0.2, -0.15) is 5.10 Å². The molecule has 0 aliphatic carbocycles. The molecule has 0 fully saturated rings. The highest BCUT2D eigenvalue weighted by Gasteiger charge is 2.14. The van der Waals surface area contributed by atoms with Crippen LogP contribution in [0.5, 0.6) is 5.75 Å². The van der Waals surface area contributed by atoms with Gasteiger partial charge < -0.3 is 14.5 Å². The third-order valence-electron chi connectivity index (χ3n) is 5.22. The number of carbonyl (C=O) groups excluding carboxylic acids is 1. The molecule has 31 heavy (non-hydrogen) atoms. The molecule has 0 spiro atoms. The van der Waals surface area contributed by atoms with Gasteiger partial charge in [0.25, 0.3) is 0 Å². The van der Waals surface area contributed by atoms with E-state index < -0.39 is 0 Å². The lowest BCUT2D eigenvalue weighted by molar-refractivity contribution is -0.120. The topological polar surface area (TPSA) is 93.0 Å². The highest BCUT2D eigenvalue weighted by Crippen LogP contribution is 2.30. The van der Waals surface area contributed by atoms with Crippen LogP contribution in [0.3, 0.4) is 0 Å². The second-order valence-corrected chi connectivity index (χ2v) is 7.21.